The molecule has 1 aliphatic rings. The SMILES string of the molecule is Cc1cc(F)ccc1[C@H]1CCN(C)CCN1OC(=O)N(C)[C@H](C)c1cc(C(F)(F)F)cc(C(F)(F)F)c1. The van der Waals surface area contributed by atoms with Crippen molar-refractivity contribution >= 4 is 6.09 Å². The lowest BCUT2D eigenvalue weighted by molar-refractivity contribution is -0.143. The highest BCUT2D eigenvalue weighted by molar-refractivity contribution is 5.67. The predicted octanol–water partition coefficient (Wildman–Crippen LogP) is 6.59. The highest BCUT2D eigenvalue weighted by Gasteiger charge is 2.38. The number of likely N-dealkylation sites (N-methyl/N-ethyl adjacent to an activating group) is 1. The van der Waals surface area contributed by atoms with Crippen molar-refractivity contribution < 1.29 is 40.4 Å². The number of benzene rings is 2. The van der Waals surface area contributed by atoms with Gasteiger partial charge in [-0.3, -0.25) is 0 Å². The molecule has 2 atom stereocenters. The summed E-state index contributed by atoms with van der Waals surface area (Å²) in [6, 6.07) is 3.90. The second kappa shape index (κ2) is 10.9. The van der Waals surface area contributed by atoms with E-state index in [9.17, 15) is 35.5 Å². The summed E-state index contributed by atoms with van der Waals surface area (Å²) in [5.41, 5.74) is -1.88. The molecular weight excluding hydrogens is 507 g/mol. The van der Waals surface area contributed by atoms with Gasteiger partial charge in [0.15, 0.2) is 0 Å². The molecule has 2 aromatic carbocycles. The summed E-state index contributed by atoms with van der Waals surface area (Å²) in [6.07, 6.45) is -10.4. The molecule has 0 aromatic heterocycles. The number of rotatable bonds is 4. The second-order valence-electron chi connectivity index (χ2n) is 9.23. The number of halogens is 7. The fourth-order valence-corrected chi connectivity index (χ4v) is 4.22. The van der Waals surface area contributed by atoms with E-state index >= 15 is 0 Å². The van der Waals surface area contributed by atoms with E-state index in [2.05, 4.69) is 0 Å². The molecule has 3 rings (SSSR count). The molecule has 1 amide bonds. The second-order valence-corrected chi connectivity index (χ2v) is 9.23. The van der Waals surface area contributed by atoms with Gasteiger partial charge in [0, 0.05) is 20.1 Å². The fourth-order valence-electron chi connectivity index (χ4n) is 4.22. The van der Waals surface area contributed by atoms with Crippen molar-refractivity contribution in [3.8, 4) is 0 Å². The van der Waals surface area contributed by atoms with E-state index in [4.69, 9.17) is 4.84 Å². The molecule has 5 nitrogen and oxygen atoms in total. The molecule has 0 unspecified atom stereocenters. The van der Waals surface area contributed by atoms with E-state index in [1.165, 1.54) is 31.2 Å². The molecule has 0 spiro atoms. The number of hydrogen-bond donors (Lipinski definition) is 0. The predicted molar refractivity (Wildman–Crippen MR) is 122 cm³/mol. The number of hydroxylamine groups is 2. The number of nitrogens with zero attached hydrogens (tertiary/aromatic N) is 3. The van der Waals surface area contributed by atoms with Crippen LogP contribution in [0.15, 0.2) is 36.4 Å². The molecule has 1 aliphatic heterocycles. The maximum absolute atomic E-state index is 13.7. The molecular formula is C25H28F7N3O2. The molecule has 0 saturated carbocycles. The van der Waals surface area contributed by atoms with Gasteiger partial charge >= 0.3 is 18.4 Å². The number of aryl methyl sites for hydroxylation is 1. The average molecular weight is 536 g/mol. The third kappa shape index (κ3) is 6.92. The van der Waals surface area contributed by atoms with Crippen molar-refractivity contribution in [2.24, 2.45) is 0 Å². The van der Waals surface area contributed by atoms with Crippen LogP contribution in [-0.2, 0) is 17.2 Å². The Balaban J connectivity index is 1.87. The van der Waals surface area contributed by atoms with Gasteiger partial charge in [0.05, 0.1) is 23.2 Å². The van der Waals surface area contributed by atoms with Gasteiger partial charge < -0.3 is 14.6 Å². The van der Waals surface area contributed by atoms with Crippen molar-refractivity contribution in [1.29, 1.82) is 0 Å². The van der Waals surface area contributed by atoms with Crippen LogP contribution >= 0.6 is 0 Å². The minimum atomic E-state index is -5.01. The van der Waals surface area contributed by atoms with Gasteiger partial charge in [-0.25, -0.2) is 9.18 Å². The third-order valence-corrected chi connectivity index (χ3v) is 6.58. The largest absolute Gasteiger partial charge is 0.429 e. The Hall–Kier alpha value is -2.86. The van der Waals surface area contributed by atoms with Crippen LogP contribution in [0.3, 0.4) is 0 Å². The fraction of sp³-hybridized carbons (Fsp3) is 0.480. The van der Waals surface area contributed by atoms with E-state index in [0.717, 1.165) is 10.5 Å². The first-order chi connectivity index (χ1) is 17.1. The Kier molecular flexibility index (Phi) is 8.43. The molecule has 37 heavy (non-hydrogen) atoms. The highest BCUT2D eigenvalue weighted by Crippen LogP contribution is 2.38. The van der Waals surface area contributed by atoms with E-state index in [0.29, 0.717) is 37.2 Å². The average Bonchev–Trinajstić information content (AvgIpc) is 2.98. The van der Waals surface area contributed by atoms with Gasteiger partial charge in [-0.2, -0.15) is 26.3 Å². The zero-order valence-electron chi connectivity index (χ0n) is 20.8. The van der Waals surface area contributed by atoms with Gasteiger partial charge in [0.2, 0.25) is 0 Å². The standard InChI is InChI=1S/C25H28F7N3O2/c1-15-11-20(26)5-6-21(15)22-7-8-33(3)9-10-35(22)37-23(36)34(4)16(2)17-12-18(24(27,28)29)14-19(13-17)25(30,31)32/h5-6,11-14,16,22H,7-10H2,1-4H3/t16-,22-/m1/s1. The highest BCUT2D eigenvalue weighted by atomic mass is 19.4. The molecule has 0 N–H and O–H groups in total. The summed E-state index contributed by atoms with van der Waals surface area (Å²) in [5, 5.41) is 1.43. The Labute approximate surface area is 210 Å². The normalized spacial score (nSPS) is 18.8. The van der Waals surface area contributed by atoms with Crippen LogP contribution in [0.1, 0.15) is 53.2 Å². The van der Waals surface area contributed by atoms with Crippen LogP contribution in [0.5, 0.6) is 0 Å². The van der Waals surface area contributed by atoms with E-state index in [-0.39, 0.29) is 18.2 Å². The molecule has 2 aromatic rings. The Morgan fingerprint density at radius 1 is 1.00 bits per heavy atom. The molecule has 204 valence electrons. The maximum Gasteiger partial charge on any atom is 0.429 e. The Bertz CT molecular complexity index is 1090. The van der Waals surface area contributed by atoms with Crippen molar-refractivity contribution in [1.82, 2.24) is 14.9 Å². The van der Waals surface area contributed by atoms with E-state index < -0.39 is 47.5 Å². The molecule has 0 bridgehead atoms. The van der Waals surface area contributed by atoms with Gasteiger partial charge in [0.1, 0.15) is 5.82 Å². The Morgan fingerprint density at radius 2 is 1.59 bits per heavy atom. The quantitative estimate of drug-likeness (QED) is 0.414. The Morgan fingerprint density at radius 3 is 2.14 bits per heavy atom. The molecule has 0 radical (unpaired) electrons. The molecule has 1 saturated heterocycles. The molecule has 12 heteroatoms. The summed E-state index contributed by atoms with van der Waals surface area (Å²) in [4.78, 5) is 21.6. The first-order valence-electron chi connectivity index (χ1n) is 11.5. The lowest BCUT2D eigenvalue weighted by Gasteiger charge is -2.32. The summed E-state index contributed by atoms with van der Waals surface area (Å²) >= 11 is 0. The zero-order valence-corrected chi connectivity index (χ0v) is 20.8. The first kappa shape index (κ1) is 28.7. The van der Waals surface area contributed by atoms with E-state index in [1.54, 1.807) is 13.0 Å². The summed E-state index contributed by atoms with van der Waals surface area (Å²) in [7, 11) is 3.13. The molecule has 0 aliphatic carbocycles. The minimum absolute atomic E-state index is 0.0396. The van der Waals surface area contributed by atoms with Crippen LogP contribution in [0, 0.1) is 12.7 Å². The van der Waals surface area contributed by atoms with Crippen LogP contribution in [0.25, 0.3) is 0 Å². The van der Waals surface area contributed by atoms with Crippen LogP contribution in [0.2, 0.25) is 0 Å². The van der Waals surface area contributed by atoms with Gasteiger partial charge in [-0.15, -0.1) is 5.06 Å². The zero-order chi connectivity index (χ0) is 27.7. The van der Waals surface area contributed by atoms with Crippen molar-refractivity contribution in [3.05, 3.63) is 70.0 Å². The van der Waals surface area contributed by atoms with Gasteiger partial charge in [-0.1, -0.05) is 6.07 Å². The topological polar surface area (TPSA) is 36.0 Å². The minimum Gasteiger partial charge on any atom is -0.350 e. The smallest absolute Gasteiger partial charge is 0.350 e. The van der Waals surface area contributed by atoms with Gasteiger partial charge in [-0.05, 0) is 80.9 Å². The maximum atomic E-state index is 13.7. The third-order valence-electron chi connectivity index (χ3n) is 6.58. The molecule has 1 fully saturated rings. The van der Waals surface area contributed by atoms with Crippen LogP contribution in [0.4, 0.5) is 35.5 Å². The monoisotopic (exact) mass is 535 g/mol. The number of carbonyl (C=O) groups is 1. The summed E-state index contributed by atoms with van der Waals surface area (Å²) in [6.45, 7) is 4.52. The summed E-state index contributed by atoms with van der Waals surface area (Å²) in [5.74, 6) is -0.414. The van der Waals surface area contributed by atoms with Crippen molar-refractivity contribution in [2.75, 3.05) is 33.7 Å². The van der Waals surface area contributed by atoms with Crippen molar-refractivity contribution in [3.63, 3.8) is 0 Å². The van der Waals surface area contributed by atoms with Crippen LogP contribution < -0.4 is 0 Å². The molecule has 1 heterocycles. The van der Waals surface area contributed by atoms with E-state index in [1.807, 2.05) is 11.9 Å². The number of amides is 1. The first-order valence-corrected chi connectivity index (χ1v) is 11.5. The summed E-state index contributed by atoms with van der Waals surface area (Å²) < 4.78 is 93.4. The number of alkyl halides is 6. The lowest BCUT2D eigenvalue weighted by atomic mass is 9.98. The number of hydrogen-bond acceptors (Lipinski definition) is 4. The van der Waals surface area contributed by atoms with Crippen molar-refractivity contribution in [2.45, 2.75) is 44.7 Å². The number of carbonyl (C=O) groups excluding carboxylic acids is 1. The van der Waals surface area contributed by atoms with Crippen LogP contribution in [-0.4, -0.2) is 54.7 Å². The lowest BCUT2D eigenvalue weighted by Crippen LogP contribution is -2.39. The van der Waals surface area contributed by atoms with Gasteiger partial charge in [0.25, 0.3) is 0 Å².